The number of benzene rings is 2. The van der Waals surface area contributed by atoms with Gasteiger partial charge in [-0.1, -0.05) is 54.1 Å². The van der Waals surface area contributed by atoms with Gasteiger partial charge in [0.25, 0.3) is 0 Å². The van der Waals surface area contributed by atoms with E-state index in [0.717, 1.165) is 22.7 Å². The molecule has 0 aliphatic rings. The van der Waals surface area contributed by atoms with Gasteiger partial charge in [0.2, 0.25) is 0 Å². The highest BCUT2D eigenvalue weighted by Crippen LogP contribution is 2.21. The number of aromatic amines is 1. The van der Waals surface area contributed by atoms with Gasteiger partial charge in [0.1, 0.15) is 0 Å². The molecule has 0 fully saturated rings. The third-order valence-electron chi connectivity index (χ3n) is 3.14. The maximum atomic E-state index is 5.90. The lowest BCUT2D eigenvalue weighted by atomic mass is 10.1. The first-order valence-electron chi connectivity index (χ1n) is 6.29. The summed E-state index contributed by atoms with van der Waals surface area (Å²) in [4.78, 5) is 3.45. The first-order chi connectivity index (χ1) is 9.31. The quantitative estimate of drug-likeness (QED) is 0.693. The zero-order chi connectivity index (χ0) is 13.1. The molecule has 2 aromatic carbocycles. The lowest BCUT2D eigenvalue weighted by Crippen LogP contribution is -1.87. The Morgan fingerprint density at radius 3 is 2.26 bits per heavy atom. The second-order valence-corrected chi connectivity index (χ2v) is 5.00. The molecule has 1 N–H and O–H groups in total. The van der Waals surface area contributed by atoms with E-state index in [1.165, 1.54) is 11.3 Å². The lowest BCUT2D eigenvalue weighted by molar-refractivity contribution is 1.11. The molecule has 2 heteroatoms. The molecule has 0 spiro atoms. The molecule has 0 amide bonds. The standard InChI is InChI=1S/C17H14ClN/c18-15-8-6-14(7-9-15)17-11-10-16(19-17)12-13-4-2-1-3-5-13/h1-11,19H,12H2. The van der Waals surface area contributed by atoms with E-state index in [4.69, 9.17) is 11.6 Å². The molecule has 0 unspecified atom stereocenters. The molecule has 0 atom stereocenters. The Balaban J connectivity index is 1.82. The highest BCUT2D eigenvalue weighted by molar-refractivity contribution is 6.30. The summed E-state index contributed by atoms with van der Waals surface area (Å²) in [5, 5.41) is 0.764. The number of rotatable bonds is 3. The molecule has 0 saturated heterocycles. The zero-order valence-corrected chi connectivity index (χ0v) is 11.2. The van der Waals surface area contributed by atoms with E-state index in [1.807, 2.05) is 30.3 Å². The van der Waals surface area contributed by atoms with E-state index in [0.29, 0.717) is 0 Å². The summed E-state index contributed by atoms with van der Waals surface area (Å²) in [6, 6.07) is 22.6. The number of aromatic nitrogens is 1. The monoisotopic (exact) mass is 267 g/mol. The van der Waals surface area contributed by atoms with Gasteiger partial charge >= 0.3 is 0 Å². The van der Waals surface area contributed by atoms with Crippen LogP contribution in [-0.2, 0) is 6.42 Å². The van der Waals surface area contributed by atoms with Crippen LogP contribution in [0, 0.1) is 0 Å². The average Bonchev–Trinajstić information content (AvgIpc) is 2.89. The summed E-state index contributed by atoms with van der Waals surface area (Å²) >= 11 is 5.90. The van der Waals surface area contributed by atoms with Gasteiger partial charge in [-0.15, -0.1) is 0 Å². The Morgan fingerprint density at radius 1 is 0.789 bits per heavy atom. The molecule has 3 aromatic rings. The fourth-order valence-corrected chi connectivity index (χ4v) is 2.28. The Labute approximate surface area is 117 Å². The Morgan fingerprint density at radius 2 is 1.53 bits per heavy atom. The minimum absolute atomic E-state index is 0.764. The van der Waals surface area contributed by atoms with E-state index < -0.39 is 0 Å². The van der Waals surface area contributed by atoms with E-state index in [1.54, 1.807) is 0 Å². The summed E-state index contributed by atoms with van der Waals surface area (Å²) in [6.45, 7) is 0. The van der Waals surface area contributed by atoms with Crippen LogP contribution < -0.4 is 0 Å². The van der Waals surface area contributed by atoms with Crippen molar-refractivity contribution in [3.63, 3.8) is 0 Å². The molecule has 94 valence electrons. The molecule has 19 heavy (non-hydrogen) atoms. The molecular weight excluding hydrogens is 254 g/mol. The van der Waals surface area contributed by atoms with E-state index in [2.05, 4.69) is 41.4 Å². The van der Waals surface area contributed by atoms with Crippen molar-refractivity contribution in [1.29, 1.82) is 0 Å². The van der Waals surface area contributed by atoms with Gasteiger partial charge in [0.05, 0.1) is 0 Å². The van der Waals surface area contributed by atoms with Crippen molar-refractivity contribution in [3.05, 3.63) is 83.0 Å². The maximum absolute atomic E-state index is 5.90. The van der Waals surface area contributed by atoms with Gasteiger partial charge < -0.3 is 4.98 Å². The largest absolute Gasteiger partial charge is 0.358 e. The molecule has 0 aliphatic heterocycles. The maximum Gasteiger partial charge on any atom is 0.0456 e. The Bertz CT molecular complexity index is 653. The Hall–Kier alpha value is -1.99. The predicted molar refractivity (Wildman–Crippen MR) is 80.5 cm³/mol. The van der Waals surface area contributed by atoms with Crippen molar-refractivity contribution in [2.75, 3.05) is 0 Å². The van der Waals surface area contributed by atoms with Crippen LogP contribution >= 0.6 is 11.6 Å². The van der Waals surface area contributed by atoms with Crippen molar-refractivity contribution in [1.82, 2.24) is 4.98 Å². The van der Waals surface area contributed by atoms with Crippen LogP contribution in [0.3, 0.4) is 0 Å². The third kappa shape index (κ3) is 2.88. The average molecular weight is 268 g/mol. The van der Waals surface area contributed by atoms with Crippen LogP contribution in [0.2, 0.25) is 5.02 Å². The molecular formula is C17H14ClN. The van der Waals surface area contributed by atoms with Crippen molar-refractivity contribution < 1.29 is 0 Å². The minimum Gasteiger partial charge on any atom is -0.358 e. The molecule has 1 heterocycles. The normalized spacial score (nSPS) is 10.6. The summed E-state index contributed by atoms with van der Waals surface area (Å²) in [6.07, 6.45) is 0.925. The zero-order valence-electron chi connectivity index (χ0n) is 10.4. The van der Waals surface area contributed by atoms with Crippen LogP contribution in [0.4, 0.5) is 0 Å². The van der Waals surface area contributed by atoms with Gasteiger partial charge in [-0.25, -0.2) is 0 Å². The second-order valence-electron chi connectivity index (χ2n) is 4.57. The Kier molecular flexibility index (Phi) is 3.39. The second kappa shape index (κ2) is 5.33. The molecule has 0 saturated carbocycles. The van der Waals surface area contributed by atoms with E-state index in [-0.39, 0.29) is 0 Å². The first kappa shape index (κ1) is 12.1. The van der Waals surface area contributed by atoms with Crippen LogP contribution in [0.5, 0.6) is 0 Å². The number of hydrogen-bond donors (Lipinski definition) is 1. The van der Waals surface area contributed by atoms with Crippen LogP contribution in [-0.4, -0.2) is 4.98 Å². The van der Waals surface area contributed by atoms with Crippen molar-refractivity contribution in [3.8, 4) is 11.3 Å². The van der Waals surface area contributed by atoms with Gasteiger partial charge in [-0.2, -0.15) is 0 Å². The van der Waals surface area contributed by atoms with E-state index >= 15 is 0 Å². The predicted octanol–water partition coefficient (Wildman–Crippen LogP) is 4.93. The topological polar surface area (TPSA) is 15.8 Å². The van der Waals surface area contributed by atoms with Crippen molar-refractivity contribution in [2.24, 2.45) is 0 Å². The summed E-state index contributed by atoms with van der Waals surface area (Å²) in [5.41, 5.74) is 4.81. The molecule has 3 rings (SSSR count). The number of halogens is 1. The number of hydrogen-bond acceptors (Lipinski definition) is 0. The van der Waals surface area contributed by atoms with Crippen molar-refractivity contribution >= 4 is 11.6 Å². The van der Waals surface area contributed by atoms with Crippen LogP contribution in [0.25, 0.3) is 11.3 Å². The van der Waals surface area contributed by atoms with Crippen molar-refractivity contribution in [2.45, 2.75) is 6.42 Å². The van der Waals surface area contributed by atoms with E-state index in [9.17, 15) is 0 Å². The van der Waals surface area contributed by atoms with Gasteiger partial charge in [-0.05, 0) is 35.4 Å². The van der Waals surface area contributed by atoms with Gasteiger partial charge in [-0.3, -0.25) is 0 Å². The van der Waals surface area contributed by atoms with Gasteiger partial charge in [0.15, 0.2) is 0 Å². The minimum atomic E-state index is 0.764. The summed E-state index contributed by atoms with van der Waals surface area (Å²) < 4.78 is 0. The highest BCUT2D eigenvalue weighted by Gasteiger charge is 2.02. The SMILES string of the molecule is Clc1ccc(-c2ccc(Cc3ccccc3)[nH]2)cc1. The first-order valence-corrected chi connectivity index (χ1v) is 6.67. The third-order valence-corrected chi connectivity index (χ3v) is 3.39. The molecule has 1 nitrogen and oxygen atoms in total. The summed E-state index contributed by atoms with van der Waals surface area (Å²) in [7, 11) is 0. The van der Waals surface area contributed by atoms with Crippen LogP contribution in [0.1, 0.15) is 11.3 Å². The number of H-pyrrole nitrogens is 1. The van der Waals surface area contributed by atoms with Crippen LogP contribution in [0.15, 0.2) is 66.7 Å². The molecule has 0 bridgehead atoms. The molecule has 1 aromatic heterocycles. The smallest absolute Gasteiger partial charge is 0.0456 e. The molecule has 0 radical (unpaired) electrons. The highest BCUT2D eigenvalue weighted by atomic mass is 35.5. The fourth-order valence-electron chi connectivity index (χ4n) is 2.16. The fraction of sp³-hybridized carbons (Fsp3) is 0.0588. The lowest BCUT2D eigenvalue weighted by Gasteiger charge is -2.00. The van der Waals surface area contributed by atoms with Gasteiger partial charge in [0, 0.05) is 22.8 Å². The summed E-state index contributed by atoms with van der Waals surface area (Å²) in [5.74, 6) is 0. The number of nitrogens with one attached hydrogen (secondary N) is 1. The molecule has 0 aliphatic carbocycles.